The van der Waals surface area contributed by atoms with Crippen molar-refractivity contribution >= 4 is 32.3 Å². The summed E-state index contributed by atoms with van der Waals surface area (Å²) in [5, 5.41) is 2.77. The van der Waals surface area contributed by atoms with Gasteiger partial charge in [-0.15, -0.1) is 0 Å². The van der Waals surface area contributed by atoms with E-state index >= 15 is 0 Å². The molecule has 0 unspecified atom stereocenters. The molecule has 184 valence electrons. The molecule has 0 amide bonds. The molecule has 0 fully saturated rings. The Labute approximate surface area is 240 Å². The first-order valence-corrected chi connectivity index (χ1v) is 13.1. The van der Waals surface area contributed by atoms with Crippen LogP contribution in [0.25, 0.3) is 65.7 Å². The Balaban J connectivity index is 1.62. The summed E-state index contributed by atoms with van der Waals surface area (Å²) in [5.74, 6) is 0. The zero-order valence-electron chi connectivity index (χ0n) is 29.6. The monoisotopic (exact) mass is 504 g/mol. The van der Waals surface area contributed by atoms with Crippen LogP contribution >= 0.6 is 0 Å². The second kappa shape index (κ2) is 8.16. The van der Waals surface area contributed by atoms with E-state index in [0.29, 0.717) is 22.3 Å². The van der Waals surface area contributed by atoms with Gasteiger partial charge in [-0.1, -0.05) is 135 Å². The molecule has 0 saturated heterocycles. The summed E-state index contributed by atoms with van der Waals surface area (Å²) in [6.07, 6.45) is 0. The zero-order valence-corrected chi connectivity index (χ0v) is 21.6. The maximum Gasteiger partial charge on any atom is 0.0629 e. The molecule has 7 aromatic rings. The van der Waals surface area contributed by atoms with E-state index in [1.165, 1.54) is 5.56 Å². The zero-order chi connectivity index (χ0) is 33.1. The summed E-state index contributed by atoms with van der Waals surface area (Å²) in [6, 6.07) is 25.0. The number of fused-ring (bicyclic) bond motifs is 6. The number of hydrogen-bond acceptors (Lipinski definition) is 0. The third-order valence-electron chi connectivity index (χ3n) is 8.29. The second-order valence-electron chi connectivity index (χ2n) is 10.7. The molecule has 0 bridgehead atoms. The van der Waals surface area contributed by atoms with Crippen LogP contribution in [-0.4, -0.2) is 0 Å². The Morgan fingerprint density at radius 1 is 0.487 bits per heavy atom. The predicted octanol–water partition coefficient (Wildman–Crippen LogP) is 10.8. The number of benzene rings is 7. The average molecular weight is 505 g/mol. The standard InChI is InChI=1S/C39H28/c1-39(2)35-18-10-9-13-29(35)34-24-28(21-22-36(34)39)38-32-16-7-5-14-30(32)37(31-15-6-8-17-33(31)38)27-20-19-25-11-3-4-12-26(25)23-27/h3-24H,1-2H3/i5D,6D,7D,8D,14D,15D,16D,17D. The lowest BCUT2D eigenvalue weighted by Gasteiger charge is -2.22. The highest BCUT2D eigenvalue weighted by molar-refractivity contribution is 6.21. The van der Waals surface area contributed by atoms with Gasteiger partial charge in [-0.3, -0.25) is 0 Å². The van der Waals surface area contributed by atoms with Gasteiger partial charge in [0.25, 0.3) is 0 Å². The summed E-state index contributed by atoms with van der Waals surface area (Å²) in [7, 11) is 0. The molecule has 39 heavy (non-hydrogen) atoms. The lowest BCUT2D eigenvalue weighted by molar-refractivity contribution is 0.660. The fourth-order valence-corrected chi connectivity index (χ4v) is 6.42. The Morgan fingerprint density at radius 2 is 1.00 bits per heavy atom. The van der Waals surface area contributed by atoms with Gasteiger partial charge in [-0.2, -0.15) is 0 Å². The third kappa shape index (κ3) is 3.18. The van der Waals surface area contributed by atoms with Gasteiger partial charge < -0.3 is 0 Å². The first kappa shape index (κ1) is 15.7. The largest absolute Gasteiger partial charge is 0.0629 e. The van der Waals surface area contributed by atoms with Crippen molar-refractivity contribution < 1.29 is 11.0 Å². The van der Waals surface area contributed by atoms with Crippen molar-refractivity contribution in [3.63, 3.8) is 0 Å². The minimum Gasteiger partial charge on any atom is -0.0619 e. The van der Waals surface area contributed by atoms with Crippen LogP contribution in [0.4, 0.5) is 0 Å². The van der Waals surface area contributed by atoms with E-state index in [1.807, 2.05) is 72.8 Å². The van der Waals surface area contributed by atoms with Crippen LogP contribution in [0.15, 0.2) is 133 Å². The summed E-state index contributed by atoms with van der Waals surface area (Å²) in [6.45, 7) is 4.35. The maximum absolute atomic E-state index is 9.25. The molecule has 0 nitrogen and oxygen atoms in total. The molecular formula is C39H28. The van der Waals surface area contributed by atoms with Gasteiger partial charge in [-0.25, -0.2) is 0 Å². The summed E-state index contributed by atoms with van der Waals surface area (Å²) in [5.41, 5.74) is 6.03. The van der Waals surface area contributed by atoms with E-state index < -0.39 is 24.2 Å². The van der Waals surface area contributed by atoms with Crippen molar-refractivity contribution in [1.82, 2.24) is 0 Å². The summed E-state index contributed by atoms with van der Waals surface area (Å²) in [4.78, 5) is 0. The molecule has 0 atom stereocenters. The molecule has 0 spiro atoms. The fourth-order valence-electron chi connectivity index (χ4n) is 6.42. The first-order chi connectivity index (χ1) is 22.4. The Kier molecular flexibility index (Phi) is 3.28. The lowest BCUT2D eigenvalue weighted by atomic mass is 9.81. The Hall–Kier alpha value is -4.68. The molecule has 7 aromatic carbocycles. The van der Waals surface area contributed by atoms with Crippen LogP contribution in [-0.2, 0) is 5.41 Å². The molecule has 0 aliphatic heterocycles. The van der Waals surface area contributed by atoms with Gasteiger partial charge in [0.15, 0.2) is 0 Å². The number of rotatable bonds is 2. The number of hydrogen-bond donors (Lipinski definition) is 0. The van der Waals surface area contributed by atoms with Gasteiger partial charge in [-0.05, 0) is 89.0 Å². The third-order valence-corrected chi connectivity index (χ3v) is 8.29. The van der Waals surface area contributed by atoms with Gasteiger partial charge in [0.2, 0.25) is 0 Å². The molecule has 1 aliphatic rings. The molecule has 8 rings (SSSR count). The van der Waals surface area contributed by atoms with Crippen LogP contribution in [0, 0.1) is 0 Å². The molecule has 0 radical (unpaired) electrons. The Bertz CT molecular complexity index is 2450. The first-order valence-electron chi connectivity index (χ1n) is 17.1. The molecule has 0 aromatic heterocycles. The predicted molar refractivity (Wildman–Crippen MR) is 167 cm³/mol. The lowest BCUT2D eigenvalue weighted by Crippen LogP contribution is -2.14. The molecule has 1 aliphatic carbocycles. The Morgan fingerprint density at radius 3 is 1.67 bits per heavy atom. The van der Waals surface area contributed by atoms with Crippen molar-refractivity contribution in [3.05, 3.63) is 144 Å². The van der Waals surface area contributed by atoms with Crippen LogP contribution in [0.3, 0.4) is 0 Å². The quantitative estimate of drug-likeness (QED) is 0.205. The summed E-state index contributed by atoms with van der Waals surface area (Å²) < 4.78 is 71.8. The van der Waals surface area contributed by atoms with Crippen LogP contribution in [0.5, 0.6) is 0 Å². The van der Waals surface area contributed by atoms with E-state index in [0.717, 1.165) is 27.5 Å². The van der Waals surface area contributed by atoms with E-state index in [4.69, 9.17) is 5.48 Å². The molecular weight excluding hydrogens is 468 g/mol. The molecule has 0 N–H and O–H groups in total. The van der Waals surface area contributed by atoms with Crippen LogP contribution < -0.4 is 0 Å². The maximum atomic E-state index is 9.25. The van der Waals surface area contributed by atoms with Crippen molar-refractivity contribution in [1.29, 1.82) is 0 Å². The molecule has 0 heterocycles. The highest BCUT2D eigenvalue weighted by atomic mass is 14.4. The fraction of sp³-hybridized carbons (Fsp3) is 0.0769. The highest BCUT2D eigenvalue weighted by Crippen LogP contribution is 2.51. The smallest absolute Gasteiger partial charge is 0.0619 e. The van der Waals surface area contributed by atoms with Gasteiger partial charge >= 0.3 is 0 Å². The average Bonchev–Trinajstić information content (AvgIpc) is 3.32. The van der Waals surface area contributed by atoms with Crippen LogP contribution in [0.1, 0.15) is 35.9 Å². The van der Waals surface area contributed by atoms with Gasteiger partial charge in [0.1, 0.15) is 0 Å². The second-order valence-corrected chi connectivity index (χ2v) is 10.7. The highest BCUT2D eigenvalue weighted by Gasteiger charge is 2.35. The molecule has 0 heteroatoms. The van der Waals surface area contributed by atoms with E-state index in [-0.39, 0.29) is 51.1 Å². The normalized spacial score (nSPS) is 16.5. The molecule has 0 saturated carbocycles. The SMILES string of the molecule is [2H]c1c([2H])c([2H])c2c(-c3ccc4ccccc4c3)c3c([2H])c([2H])c([2H])c([2H])c3c(-c3ccc4c(c3)-c3ccccc3C4(C)C)c2c1[2H]. The van der Waals surface area contributed by atoms with E-state index in [1.54, 1.807) is 0 Å². The van der Waals surface area contributed by atoms with Crippen molar-refractivity contribution in [3.8, 4) is 33.4 Å². The van der Waals surface area contributed by atoms with Crippen molar-refractivity contribution in [2.45, 2.75) is 19.3 Å². The minimum atomic E-state index is -0.402. The van der Waals surface area contributed by atoms with Crippen LogP contribution in [0.2, 0.25) is 0 Å². The van der Waals surface area contributed by atoms with E-state index in [9.17, 15) is 5.48 Å². The van der Waals surface area contributed by atoms with Crippen molar-refractivity contribution in [2.75, 3.05) is 0 Å². The minimum absolute atomic E-state index is 0.222. The van der Waals surface area contributed by atoms with E-state index in [2.05, 4.69) is 26.0 Å². The topological polar surface area (TPSA) is 0 Å². The summed E-state index contributed by atoms with van der Waals surface area (Å²) >= 11 is 0. The van der Waals surface area contributed by atoms with Gasteiger partial charge in [0, 0.05) is 5.41 Å². The van der Waals surface area contributed by atoms with Crippen molar-refractivity contribution in [2.24, 2.45) is 0 Å². The van der Waals surface area contributed by atoms with Gasteiger partial charge in [0.05, 0.1) is 11.0 Å².